The van der Waals surface area contributed by atoms with Gasteiger partial charge in [0.25, 0.3) is 0 Å². The molecule has 4 nitrogen and oxygen atoms in total. The zero-order chi connectivity index (χ0) is 12.0. The monoisotopic (exact) mass is 222 g/mol. The summed E-state index contributed by atoms with van der Waals surface area (Å²) in [6.07, 6.45) is 3.91. The SMILES string of the molecule is COC(=O)CC(C)N[C@H](C)c1ccncc1. The van der Waals surface area contributed by atoms with E-state index in [0.29, 0.717) is 6.42 Å². The number of methoxy groups -OCH3 is 1. The molecule has 1 N–H and O–H groups in total. The highest BCUT2D eigenvalue weighted by Gasteiger charge is 2.12. The Labute approximate surface area is 96.0 Å². The third kappa shape index (κ3) is 3.98. The van der Waals surface area contributed by atoms with Gasteiger partial charge in [0.05, 0.1) is 13.5 Å². The smallest absolute Gasteiger partial charge is 0.307 e. The third-order valence-corrected chi connectivity index (χ3v) is 2.44. The molecule has 0 aliphatic rings. The van der Waals surface area contributed by atoms with Crippen LogP contribution in [0.25, 0.3) is 0 Å². The molecule has 2 atom stereocenters. The summed E-state index contributed by atoms with van der Waals surface area (Å²) in [6.45, 7) is 4.03. The molecular weight excluding hydrogens is 204 g/mol. The lowest BCUT2D eigenvalue weighted by Gasteiger charge is -2.19. The predicted octanol–water partition coefficient (Wildman–Crippen LogP) is 1.68. The van der Waals surface area contributed by atoms with Gasteiger partial charge in [-0.2, -0.15) is 0 Å². The number of nitrogens with zero attached hydrogens (tertiary/aromatic N) is 1. The van der Waals surface area contributed by atoms with Crippen molar-refractivity contribution in [2.75, 3.05) is 7.11 Å². The van der Waals surface area contributed by atoms with Gasteiger partial charge >= 0.3 is 5.97 Å². The third-order valence-electron chi connectivity index (χ3n) is 2.44. The first-order chi connectivity index (χ1) is 7.63. The Morgan fingerprint density at radius 1 is 1.44 bits per heavy atom. The van der Waals surface area contributed by atoms with Crippen LogP contribution >= 0.6 is 0 Å². The average Bonchev–Trinajstić information content (AvgIpc) is 2.29. The van der Waals surface area contributed by atoms with Crippen molar-refractivity contribution >= 4 is 5.97 Å². The van der Waals surface area contributed by atoms with Crippen molar-refractivity contribution in [2.45, 2.75) is 32.4 Å². The minimum atomic E-state index is -0.193. The fraction of sp³-hybridized carbons (Fsp3) is 0.500. The summed E-state index contributed by atoms with van der Waals surface area (Å²) < 4.78 is 4.62. The number of pyridine rings is 1. The Morgan fingerprint density at radius 2 is 2.06 bits per heavy atom. The molecule has 0 spiro atoms. The Balaban J connectivity index is 2.45. The maximum absolute atomic E-state index is 11.1. The molecule has 1 rings (SSSR count). The second kappa shape index (κ2) is 6.23. The summed E-state index contributed by atoms with van der Waals surface area (Å²) in [5, 5.41) is 3.33. The fourth-order valence-electron chi connectivity index (χ4n) is 1.57. The molecule has 16 heavy (non-hydrogen) atoms. The van der Waals surface area contributed by atoms with E-state index in [1.807, 2.05) is 19.1 Å². The molecule has 0 amide bonds. The van der Waals surface area contributed by atoms with Crippen LogP contribution in [-0.4, -0.2) is 24.1 Å². The van der Waals surface area contributed by atoms with E-state index in [2.05, 4.69) is 22.0 Å². The zero-order valence-electron chi connectivity index (χ0n) is 9.93. The van der Waals surface area contributed by atoms with Gasteiger partial charge in [-0.05, 0) is 31.5 Å². The molecular formula is C12H18N2O2. The Kier molecular flexibility index (Phi) is 4.92. The molecule has 0 radical (unpaired) electrons. The highest BCUT2D eigenvalue weighted by Crippen LogP contribution is 2.11. The molecule has 0 aliphatic carbocycles. The molecule has 0 saturated heterocycles. The van der Waals surface area contributed by atoms with Crippen LogP contribution in [0.1, 0.15) is 31.9 Å². The molecule has 1 unspecified atom stereocenters. The Hall–Kier alpha value is -1.42. The average molecular weight is 222 g/mol. The second-order valence-electron chi connectivity index (χ2n) is 3.85. The first kappa shape index (κ1) is 12.6. The minimum Gasteiger partial charge on any atom is -0.469 e. The quantitative estimate of drug-likeness (QED) is 0.770. The maximum Gasteiger partial charge on any atom is 0.307 e. The van der Waals surface area contributed by atoms with Crippen LogP contribution in [0.15, 0.2) is 24.5 Å². The second-order valence-corrected chi connectivity index (χ2v) is 3.85. The minimum absolute atomic E-state index is 0.0932. The summed E-state index contributed by atoms with van der Waals surface area (Å²) in [6, 6.07) is 4.21. The van der Waals surface area contributed by atoms with Gasteiger partial charge < -0.3 is 10.1 Å². The summed E-state index contributed by atoms with van der Waals surface area (Å²) in [7, 11) is 1.40. The number of rotatable bonds is 5. The normalized spacial score (nSPS) is 14.2. The molecule has 0 aliphatic heterocycles. The van der Waals surface area contributed by atoms with Crippen LogP contribution in [0.3, 0.4) is 0 Å². The van der Waals surface area contributed by atoms with Crippen molar-refractivity contribution in [3.8, 4) is 0 Å². The van der Waals surface area contributed by atoms with Gasteiger partial charge in [0.2, 0.25) is 0 Å². The number of aromatic nitrogens is 1. The van der Waals surface area contributed by atoms with Crippen LogP contribution in [0.5, 0.6) is 0 Å². The van der Waals surface area contributed by atoms with Crippen LogP contribution < -0.4 is 5.32 Å². The number of carbonyl (C=O) groups excluding carboxylic acids is 1. The van der Waals surface area contributed by atoms with Gasteiger partial charge in [-0.15, -0.1) is 0 Å². The number of carbonyl (C=O) groups is 1. The van der Waals surface area contributed by atoms with Crippen LogP contribution in [-0.2, 0) is 9.53 Å². The zero-order valence-corrected chi connectivity index (χ0v) is 9.93. The molecule has 0 saturated carbocycles. The molecule has 88 valence electrons. The summed E-state index contributed by atoms with van der Waals surface area (Å²) in [4.78, 5) is 15.0. The molecule has 4 heteroatoms. The molecule has 1 aromatic heterocycles. The van der Waals surface area contributed by atoms with E-state index >= 15 is 0 Å². The molecule has 0 fully saturated rings. The van der Waals surface area contributed by atoms with Crippen LogP contribution in [0.2, 0.25) is 0 Å². The Bertz CT molecular complexity index is 327. The van der Waals surface area contributed by atoms with Gasteiger partial charge in [0, 0.05) is 24.5 Å². The van der Waals surface area contributed by atoms with Crippen molar-refractivity contribution in [3.05, 3.63) is 30.1 Å². The van der Waals surface area contributed by atoms with Gasteiger partial charge in [0.15, 0.2) is 0 Å². The first-order valence-electron chi connectivity index (χ1n) is 5.36. The van der Waals surface area contributed by atoms with E-state index in [-0.39, 0.29) is 18.1 Å². The van der Waals surface area contributed by atoms with Crippen molar-refractivity contribution in [1.29, 1.82) is 0 Å². The van der Waals surface area contributed by atoms with Gasteiger partial charge in [-0.3, -0.25) is 9.78 Å². The lowest BCUT2D eigenvalue weighted by Crippen LogP contribution is -2.31. The van der Waals surface area contributed by atoms with Crippen LogP contribution in [0, 0.1) is 0 Å². The van der Waals surface area contributed by atoms with E-state index in [4.69, 9.17) is 0 Å². The fourth-order valence-corrected chi connectivity index (χ4v) is 1.57. The number of hydrogen-bond donors (Lipinski definition) is 1. The van der Waals surface area contributed by atoms with E-state index in [1.54, 1.807) is 12.4 Å². The van der Waals surface area contributed by atoms with E-state index in [1.165, 1.54) is 7.11 Å². The van der Waals surface area contributed by atoms with Crippen molar-refractivity contribution in [3.63, 3.8) is 0 Å². The molecule has 0 aromatic carbocycles. The standard InChI is InChI=1S/C12H18N2O2/c1-9(8-12(15)16-3)14-10(2)11-4-6-13-7-5-11/h4-7,9-10,14H,8H2,1-3H3/t9?,10-/m1/s1. The van der Waals surface area contributed by atoms with E-state index < -0.39 is 0 Å². The molecule has 1 heterocycles. The summed E-state index contributed by atoms with van der Waals surface area (Å²) in [5.74, 6) is -0.193. The summed E-state index contributed by atoms with van der Waals surface area (Å²) in [5.41, 5.74) is 1.16. The van der Waals surface area contributed by atoms with E-state index in [0.717, 1.165) is 5.56 Å². The topological polar surface area (TPSA) is 51.2 Å². The van der Waals surface area contributed by atoms with Gasteiger partial charge in [0.1, 0.15) is 0 Å². The van der Waals surface area contributed by atoms with Gasteiger partial charge in [-0.25, -0.2) is 0 Å². The Morgan fingerprint density at radius 3 is 2.62 bits per heavy atom. The summed E-state index contributed by atoms with van der Waals surface area (Å²) >= 11 is 0. The van der Waals surface area contributed by atoms with Gasteiger partial charge in [-0.1, -0.05) is 0 Å². The highest BCUT2D eigenvalue weighted by molar-refractivity contribution is 5.69. The number of hydrogen-bond acceptors (Lipinski definition) is 4. The van der Waals surface area contributed by atoms with E-state index in [9.17, 15) is 4.79 Å². The number of esters is 1. The molecule has 0 bridgehead atoms. The highest BCUT2D eigenvalue weighted by atomic mass is 16.5. The van der Waals surface area contributed by atoms with Crippen molar-refractivity contribution in [2.24, 2.45) is 0 Å². The lowest BCUT2D eigenvalue weighted by atomic mass is 10.1. The largest absolute Gasteiger partial charge is 0.469 e. The van der Waals surface area contributed by atoms with Crippen molar-refractivity contribution in [1.82, 2.24) is 10.3 Å². The lowest BCUT2D eigenvalue weighted by molar-refractivity contribution is -0.141. The maximum atomic E-state index is 11.1. The van der Waals surface area contributed by atoms with Crippen molar-refractivity contribution < 1.29 is 9.53 Å². The number of ether oxygens (including phenoxy) is 1. The molecule has 1 aromatic rings. The van der Waals surface area contributed by atoms with Crippen LogP contribution in [0.4, 0.5) is 0 Å². The predicted molar refractivity (Wildman–Crippen MR) is 61.9 cm³/mol. The number of nitrogens with one attached hydrogen (secondary N) is 1. The first-order valence-corrected chi connectivity index (χ1v) is 5.36.